The molecule has 4 nitrogen and oxygen atoms in total. The third-order valence-corrected chi connectivity index (χ3v) is 2.54. The van der Waals surface area contributed by atoms with Crippen LogP contribution >= 0.6 is 0 Å². The number of hydrogen-bond acceptors (Lipinski definition) is 4. The van der Waals surface area contributed by atoms with Gasteiger partial charge in [0.25, 0.3) is 0 Å². The van der Waals surface area contributed by atoms with Gasteiger partial charge >= 0.3 is 0 Å². The van der Waals surface area contributed by atoms with Crippen LogP contribution in [0.15, 0.2) is 18.2 Å². The highest BCUT2D eigenvalue weighted by Gasteiger charge is 2.28. The lowest BCUT2D eigenvalue weighted by Crippen LogP contribution is -1.96. The first-order valence-electron chi connectivity index (χ1n) is 4.96. The molecule has 0 amide bonds. The third-order valence-electron chi connectivity index (χ3n) is 2.54. The van der Waals surface area contributed by atoms with Gasteiger partial charge in [-0.3, -0.25) is 0 Å². The van der Waals surface area contributed by atoms with Crippen molar-refractivity contribution in [3.8, 4) is 34.1 Å². The lowest BCUT2D eigenvalue weighted by Gasteiger charge is -2.12. The van der Waals surface area contributed by atoms with E-state index in [0.29, 0.717) is 0 Å². The summed E-state index contributed by atoms with van der Waals surface area (Å²) in [6.07, 6.45) is 0. The van der Waals surface area contributed by atoms with Gasteiger partial charge in [-0.15, -0.1) is 0 Å². The first kappa shape index (κ1) is 12.9. The van der Waals surface area contributed by atoms with Gasteiger partial charge in [-0.05, 0) is 12.1 Å². The summed E-state index contributed by atoms with van der Waals surface area (Å²) < 4.78 is 40.0. The molecule has 0 aliphatic rings. The topological polar surface area (TPSA) is 80.9 Å². The normalized spacial score (nSPS) is 10.7. The van der Waals surface area contributed by atoms with Gasteiger partial charge in [0, 0.05) is 0 Å². The quantitative estimate of drug-likeness (QED) is 0.475. The molecule has 0 bridgehead atoms. The number of phenolic OH excluding ortho intramolecular Hbond substituents is 4. The maximum Gasteiger partial charge on any atom is 0.207 e. The molecule has 0 heterocycles. The Balaban J connectivity index is 2.92. The Morgan fingerprint density at radius 1 is 0.632 bits per heavy atom. The molecule has 0 unspecified atom stereocenters. The molecule has 0 saturated carbocycles. The molecule has 100 valence electrons. The zero-order chi connectivity index (χ0) is 14.3. The molecule has 2 aromatic carbocycles. The predicted octanol–water partition coefficient (Wildman–Crippen LogP) is 2.59. The highest BCUT2D eigenvalue weighted by molar-refractivity contribution is 5.82. The zero-order valence-corrected chi connectivity index (χ0v) is 9.15. The maximum atomic E-state index is 13.7. The molecule has 0 spiro atoms. The zero-order valence-electron chi connectivity index (χ0n) is 9.15. The van der Waals surface area contributed by atoms with Crippen LogP contribution in [0.3, 0.4) is 0 Å². The minimum Gasteiger partial charge on any atom is -0.507 e. The van der Waals surface area contributed by atoms with Crippen molar-refractivity contribution in [2.45, 2.75) is 0 Å². The summed E-state index contributed by atoms with van der Waals surface area (Å²) in [5, 5.41) is 37.5. The van der Waals surface area contributed by atoms with E-state index in [1.54, 1.807) is 0 Å². The van der Waals surface area contributed by atoms with E-state index in [9.17, 15) is 28.5 Å². The van der Waals surface area contributed by atoms with E-state index in [-0.39, 0.29) is 0 Å². The van der Waals surface area contributed by atoms with E-state index < -0.39 is 51.6 Å². The molecule has 2 aromatic rings. The first-order chi connectivity index (χ1) is 8.86. The minimum absolute atomic E-state index is 0.660. The molecule has 0 aliphatic heterocycles. The van der Waals surface area contributed by atoms with Crippen LogP contribution in [0.4, 0.5) is 13.2 Å². The van der Waals surface area contributed by atoms with Crippen molar-refractivity contribution < 1.29 is 33.6 Å². The van der Waals surface area contributed by atoms with Gasteiger partial charge < -0.3 is 20.4 Å². The third kappa shape index (κ3) is 1.79. The smallest absolute Gasteiger partial charge is 0.207 e. The Labute approximate surface area is 104 Å². The molecule has 0 aliphatic carbocycles. The summed E-state index contributed by atoms with van der Waals surface area (Å²) in [5.74, 6) is -10.0. The molecule has 0 saturated heterocycles. The van der Waals surface area contributed by atoms with Gasteiger partial charge in [-0.2, -0.15) is 8.78 Å². The molecular weight excluding hydrogens is 265 g/mol. The molecule has 7 heteroatoms. The number of halogens is 3. The number of phenols is 4. The van der Waals surface area contributed by atoms with Crippen molar-refractivity contribution in [1.82, 2.24) is 0 Å². The van der Waals surface area contributed by atoms with E-state index in [1.165, 1.54) is 6.07 Å². The Kier molecular flexibility index (Phi) is 2.89. The number of benzene rings is 2. The van der Waals surface area contributed by atoms with Gasteiger partial charge in [0.05, 0.1) is 11.1 Å². The van der Waals surface area contributed by atoms with Crippen molar-refractivity contribution in [3.63, 3.8) is 0 Å². The average molecular weight is 272 g/mol. The molecule has 2 rings (SSSR count). The molecule has 0 atom stereocenters. The number of hydrogen-bond donors (Lipinski definition) is 4. The Morgan fingerprint density at radius 3 is 1.63 bits per heavy atom. The standard InChI is InChI=1S/C12H7F3O4/c13-8-7(6-4(16)2-1-3-5(6)17)11(18)9(14)10(15)12(8)19/h1-3,16-19H. The van der Waals surface area contributed by atoms with Gasteiger partial charge in [-0.1, -0.05) is 6.07 Å². The molecule has 4 N–H and O–H groups in total. The SMILES string of the molecule is Oc1cccc(O)c1-c1c(O)c(F)c(F)c(O)c1F. The van der Waals surface area contributed by atoms with Crippen molar-refractivity contribution in [1.29, 1.82) is 0 Å². The summed E-state index contributed by atoms with van der Waals surface area (Å²) in [6.45, 7) is 0. The van der Waals surface area contributed by atoms with Crippen LogP contribution in [-0.2, 0) is 0 Å². The van der Waals surface area contributed by atoms with Crippen LogP contribution in [0.25, 0.3) is 11.1 Å². The van der Waals surface area contributed by atoms with Gasteiger partial charge in [0.2, 0.25) is 11.6 Å². The van der Waals surface area contributed by atoms with E-state index >= 15 is 0 Å². The summed E-state index contributed by atoms with van der Waals surface area (Å²) in [4.78, 5) is 0. The van der Waals surface area contributed by atoms with Crippen LogP contribution in [0, 0.1) is 17.5 Å². The highest BCUT2D eigenvalue weighted by atomic mass is 19.2. The highest BCUT2D eigenvalue weighted by Crippen LogP contribution is 2.46. The fourth-order valence-corrected chi connectivity index (χ4v) is 1.65. The molecule has 0 radical (unpaired) electrons. The molecule has 0 aromatic heterocycles. The Bertz CT molecular complexity index is 621. The Hall–Kier alpha value is -2.57. The minimum atomic E-state index is -1.96. The van der Waals surface area contributed by atoms with E-state index in [4.69, 9.17) is 5.11 Å². The lowest BCUT2D eigenvalue weighted by molar-refractivity contribution is 0.352. The summed E-state index contributed by atoms with van der Waals surface area (Å²) in [6, 6.07) is 3.28. The maximum absolute atomic E-state index is 13.7. The first-order valence-corrected chi connectivity index (χ1v) is 4.96. The van der Waals surface area contributed by atoms with Gasteiger partial charge in [0.1, 0.15) is 11.5 Å². The molecule has 0 fully saturated rings. The predicted molar refractivity (Wildman–Crippen MR) is 58.4 cm³/mol. The number of rotatable bonds is 1. The van der Waals surface area contributed by atoms with Crippen molar-refractivity contribution in [3.05, 3.63) is 35.7 Å². The van der Waals surface area contributed by atoms with E-state index in [2.05, 4.69) is 0 Å². The van der Waals surface area contributed by atoms with Crippen molar-refractivity contribution >= 4 is 0 Å². The lowest BCUT2D eigenvalue weighted by atomic mass is 10.0. The van der Waals surface area contributed by atoms with Crippen LogP contribution in [0.2, 0.25) is 0 Å². The van der Waals surface area contributed by atoms with Crippen LogP contribution in [-0.4, -0.2) is 20.4 Å². The second-order valence-corrected chi connectivity index (χ2v) is 3.69. The Morgan fingerprint density at radius 2 is 1.11 bits per heavy atom. The van der Waals surface area contributed by atoms with Crippen LogP contribution in [0.1, 0.15) is 0 Å². The van der Waals surface area contributed by atoms with Crippen molar-refractivity contribution in [2.24, 2.45) is 0 Å². The summed E-state index contributed by atoms with van der Waals surface area (Å²) in [7, 11) is 0. The molecule has 19 heavy (non-hydrogen) atoms. The average Bonchev–Trinajstić information content (AvgIpc) is 2.37. The van der Waals surface area contributed by atoms with Crippen LogP contribution < -0.4 is 0 Å². The van der Waals surface area contributed by atoms with E-state index in [0.717, 1.165) is 12.1 Å². The van der Waals surface area contributed by atoms with Crippen LogP contribution in [0.5, 0.6) is 23.0 Å². The fraction of sp³-hybridized carbons (Fsp3) is 0. The number of aromatic hydroxyl groups is 4. The monoisotopic (exact) mass is 272 g/mol. The second kappa shape index (κ2) is 4.27. The molecular formula is C12H7F3O4. The second-order valence-electron chi connectivity index (χ2n) is 3.69. The summed E-state index contributed by atoms with van der Waals surface area (Å²) >= 11 is 0. The van der Waals surface area contributed by atoms with Crippen molar-refractivity contribution in [2.75, 3.05) is 0 Å². The van der Waals surface area contributed by atoms with Gasteiger partial charge in [0.15, 0.2) is 17.3 Å². The summed E-state index contributed by atoms with van der Waals surface area (Å²) in [5.41, 5.74) is -1.70. The fourth-order valence-electron chi connectivity index (χ4n) is 1.65. The van der Waals surface area contributed by atoms with E-state index in [1.807, 2.05) is 0 Å². The van der Waals surface area contributed by atoms with Gasteiger partial charge in [-0.25, -0.2) is 4.39 Å². The largest absolute Gasteiger partial charge is 0.507 e.